The van der Waals surface area contributed by atoms with E-state index in [9.17, 15) is 4.79 Å². The van der Waals surface area contributed by atoms with E-state index < -0.39 is 5.91 Å². The Morgan fingerprint density at radius 2 is 2.35 bits per heavy atom. The second-order valence-electron chi connectivity index (χ2n) is 5.52. The Morgan fingerprint density at radius 1 is 1.59 bits per heavy atom. The summed E-state index contributed by atoms with van der Waals surface area (Å²) in [6.45, 7) is 6.64. The van der Waals surface area contributed by atoms with Gasteiger partial charge in [-0.05, 0) is 6.42 Å². The molecule has 3 atom stereocenters. The molecule has 5 nitrogen and oxygen atoms in total. The molecule has 2 rings (SSSR count). The van der Waals surface area contributed by atoms with Crippen LogP contribution < -0.4 is 11.1 Å². The summed E-state index contributed by atoms with van der Waals surface area (Å²) in [5, 5.41) is 3.50. The Bertz CT molecular complexity index is 293. The van der Waals surface area contributed by atoms with Crippen molar-refractivity contribution in [3.8, 4) is 0 Å². The molecule has 1 saturated heterocycles. The fraction of sp³-hybridized carbons (Fsp3) is 0.917. The Labute approximate surface area is 102 Å². The molecule has 2 fully saturated rings. The SMILES string of the molecule is CC1(C)C(NCCOCC(N)=O)C2CCOC21. The topological polar surface area (TPSA) is 73.6 Å². The van der Waals surface area contributed by atoms with Gasteiger partial charge in [0.2, 0.25) is 5.91 Å². The van der Waals surface area contributed by atoms with E-state index in [-0.39, 0.29) is 12.0 Å². The van der Waals surface area contributed by atoms with Crippen LogP contribution in [0.15, 0.2) is 0 Å². The zero-order valence-electron chi connectivity index (χ0n) is 10.6. The van der Waals surface area contributed by atoms with Crippen LogP contribution in [0, 0.1) is 11.3 Å². The van der Waals surface area contributed by atoms with Crippen molar-refractivity contribution in [3.63, 3.8) is 0 Å². The highest BCUT2D eigenvalue weighted by molar-refractivity contribution is 5.74. The second kappa shape index (κ2) is 4.92. The Kier molecular flexibility index (Phi) is 3.70. The normalized spacial score (nSPS) is 34.1. The number of fused-ring (bicyclic) bond motifs is 1. The fourth-order valence-corrected chi connectivity index (χ4v) is 3.20. The lowest BCUT2D eigenvalue weighted by Crippen LogP contribution is -2.66. The first-order chi connectivity index (χ1) is 8.03. The van der Waals surface area contributed by atoms with Crippen LogP contribution >= 0.6 is 0 Å². The summed E-state index contributed by atoms with van der Waals surface area (Å²) < 4.78 is 10.8. The lowest BCUT2D eigenvalue weighted by molar-refractivity contribution is -0.123. The smallest absolute Gasteiger partial charge is 0.243 e. The number of amides is 1. The van der Waals surface area contributed by atoms with Crippen LogP contribution in [-0.4, -0.2) is 44.4 Å². The van der Waals surface area contributed by atoms with Crippen molar-refractivity contribution >= 4 is 5.91 Å². The Balaban J connectivity index is 1.67. The van der Waals surface area contributed by atoms with E-state index >= 15 is 0 Å². The van der Waals surface area contributed by atoms with Crippen molar-refractivity contribution in [2.24, 2.45) is 17.1 Å². The molecular weight excluding hydrogens is 220 g/mol. The van der Waals surface area contributed by atoms with Crippen LogP contribution in [0.25, 0.3) is 0 Å². The molecule has 0 aromatic carbocycles. The van der Waals surface area contributed by atoms with Crippen molar-refractivity contribution in [2.75, 3.05) is 26.4 Å². The van der Waals surface area contributed by atoms with Gasteiger partial charge in [0.15, 0.2) is 0 Å². The van der Waals surface area contributed by atoms with E-state index in [2.05, 4.69) is 19.2 Å². The van der Waals surface area contributed by atoms with Crippen molar-refractivity contribution in [1.82, 2.24) is 5.32 Å². The quantitative estimate of drug-likeness (QED) is 0.637. The van der Waals surface area contributed by atoms with E-state index in [1.54, 1.807) is 0 Å². The summed E-state index contributed by atoms with van der Waals surface area (Å²) in [6, 6.07) is 0.493. The van der Waals surface area contributed by atoms with Crippen LogP contribution in [0.1, 0.15) is 20.3 Å². The van der Waals surface area contributed by atoms with Gasteiger partial charge in [-0.15, -0.1) is 0 Å². The highest BCUT2D eigenvalue weighted by atomic mass is 16.5. The minimum absolute atomic E-state index is 0.00487. The number of nitrogens with one attached hydrogen (secondary N) is 1. The molecule has 98 valence electrons. The fourth-order valence-electron chi connectivity index (χ4n) is 3.20. The number of hydrogen-bond donors (Lipinski definition) is 2. The minimum Gasteiger partial charge on any atom is -0.377 e. The average molecular weight is 242 g/mol. The van der Waals surface area contributed by atoms with Gasteiger partial charge in [0.05, 0.1) is 12.7 Å². The standard InChI is InChI=1S/C12H22N2O3/c1-12(2)10(8-3-5-17-11(8)12)14-4-6-16-7-9(13)15/h8,10-11,14H,3-7H2,1-2H3,(H2,13,15). The molecular formula is C12H22N2O3. The predicted octanol–water partition coefficient (Wildman–Crippen LogP) is -0.109. The number of rotatable bonds is 6. The average Bonchev–Trinajstić information content (AvgIpc) is 2.69. The molecule has 0 aromatic rings. The minimum atomic E-state index is -0.418. The predicted molar refractivity (Wildman–Crippen MR) is 63.4 cm³/mol. The van der Waals surface area contributed by atoms with Crippen LogP contribution in [0.5, 0.6) is 0 Å². The number of ether oxygens (including phenoxy) is 2. The maximum atomic E-state index is 10.5. The maximum absolute atomic E-state index is 10.5. The third-order valence-corrected chi connectivity index (χ3v) is 3.96. The van der Waals surface area contributed by atoms with Gasteiger partial charge in [-0.1, -0.05) is 13.8 Å². The zero-order chi connectivity index (χ0) is 12.5. The van der Waals surface area contributed by atoms with E-state index in [0.29, 0.717) is 24.7 Å². The van der Waals surface area contributed by atoms with Gasteiger partial charge >= 0.3 is 0 Å². The van der Waals surface area contributed by atoms with Gasteiger partial charge in [0, 0.05) is 30.5 Å². The van der Waals surface area contributed by atoms with Crippen LogP contribution in [-0.2, 0) is 14.3 Å². The molecule has 5 heteroatoms. The molecule has 1 aliphatic carbocycles. The third-order valence-electron chi connectivity index (χ3n) is 3.96. The maximum Gasteiger partial charge on any atom is 0.243 e. The summed E-state index contributed by atoms with van der Waals surface area (Å²) >= 11 is 0. The van der Waals surface area contributed by atoms with Crippen LogP contribution in [0.2, 0.25) is 0 Å². The largest absolute Gasteiger partial charge is 0.377 e. The van der Waals surface area contributed by atoms with Gasteiger partial charge in [-0.3, -0.25) is 4.79 Å². The van der Waals surface area contributed by atoms with Crippen molar-refractivity contribution < 1.29 is 14.3 Å². The first kappa shape index (κ1) is 12.8. The third kappa shape index (κ3) is 2.46. The molecule has 0 radical (unpaired) electrons. The molecule has 2 aliphatic rings. The molecule has 3 N–H and O–H groups in total. The van der Waals surface area contributed by atoms with Gasteiger partial charge in [-0.2, -0.15) is 0 Å². The Hall–Kier alpha value is -0.650. The molecule has 0 aromatic heterocycles. The molecule has 1 aliphatic heterocycles. The van der Waals surface area contributed by atoms with E-state index in [1.807, 2.05) is 0 Å². The number of primary amides is 1. The van der Waals surface area contributed by atoms with Gasteiger partial charge in [0.1, 0.15) is 6.61 Å². The van der Waals surface area contributed by atoms with Crippen LogP contribution in [0.3, 0.4) is 0 Å². The highest BCUT2D eigenvalue weighted by Crippen LogP contribution is 2.51. The van der Waals surface area contributed by atoms with Gasteiger partial charge in [0.25, 0.3) is 0 Å². The molecule has 3 unspecified atom stereocenters. The van der Waals surface area contributed by atoms with Crippen molar-refractivity contribution in [3.05, 3.63) is 0 Å². The molecule has 0 bridgehead atoms. The number of nitrogens with two attached hydrogens (primary N) is 1. The highest BCUT2D eigenvalue weighted by Gasteiger charge is 2.58. The molecule has 17 heavy (non-hydrogen) atoms. The van der Waals surface area contributed by atoms with E-state index in [0.717, 1.165) is 19.6 Å². The number of carbonyl (C=O) groups excluding carboxylic acids is 1. The summed E-state index contributed by atoms with van der Waals surface area (Å²) in [7, 11) is 0. The first-order valence-corrected chi connectivity index (χ1v) is 6.24. The van der Waals surface area contributed by atoms with E-state index in [1.165, 1.54) is 0 Å². The summed E-state index contributed by atoms with van der Waals surface area (Å²) in [6.07, 6.45) is 1.56. The second-order valence-corrected chi connectivity index (χ2v) is 5.52. The molecule has 1 saturated carbocycles. The summed E-state index contributed by atoms with van der Waals surface area (Å²) in [5.74, 6) is 0.222. The Morgan fingerprint density at radius 3 is 3.06 bits per heavy atom. The summed E-state index contributed by atoms with van der Waals surface area (Å²) in [5.41, 5.74) is 5.18. The van der Waals surface area contributed by atoms with Gasteiger partial charge < -0.3 is 20.5 Å². The monoisotopic (exact) mass is 242 g/mol. The lowest BCUT2D eigenvalue weighted by atomic mass is 9.57. The molecule has 1 heterocycles. The number of hydrogen-bond acceptors (Lipinski definition) is 4. The zero-order valence-corrected chi connectivity index (χ0v) is 10.6. The number of carbonyl (C=O) groups is 1. The van der Waals surface area contributed by atoms with Gasteiger partial charge in [-0.25, -0.2) is 0 Å². The van der Waals surface area contributed by atoms with Crippen molar-refractivity contribution in [1.29, 1.82) is 0 Å². The molecule has 0 spiro atoms. The summed E-state index contributed by atoms with van der Waals surface area (Å²) in [4.78, 5) is 10.5. The van der Waals surface area contributed by atoms with Crippen molar-refractivity contribution in [2.45, 2.75) is 32.4 Å². The van der Waals surface area contributed by atoms with Crippen LogP contribution in [0.4, 0.5) is 0 Å². The van der Waals surface area contributed by atoms with E-state index in [4.69, 9.17) is 15.2 Å². The lowest BCUT2D eigenvalue weighted by Gasteiger charge is -2.55. The molecule has 1 amide bonds. The first-order valence-electron chi connectivity index (χ1n) is 6.24.